The fraction of sp³-hybridized carbons (Fsp3) is 0.250. The van der Waals surface area contributed by atoms with Gasteiger partial charge in [-0.3, -0.25) is 4.79 Å². The predicted molar refractivity (Wildman–Crippen MR) is 92.3 cm³/mol. The van der Waals surface area contributed by atoms with Gasteiger partial charge in [0.15, 0.2) is 5.16 Å². The zero-order valence-electron chi connectivity index (χ0n) is 12.4. The molecule has 0 aliphatic carbocycles. The van der Waals surface area contributed by atoms with Crippen molar-refractivity contribution in [1.82, 2.24) is 14.9 Å². The summed E-state index contributed by atoms with van der Waals surface area (Å²) in [6, 6.07) is 12.0. The molecule has 0 spiro atoms. The summed E-state index contributed by atoms with van der Waals surface area (Å²) in [6.45, 7) is 2.05. The van der Waals surface area contributed by atoms with E-state index in [-0.39, 0.29) is 11.9 Å². The predicted octanol–water partition coefficient (Wildman–Crippen LogP) is 3.94. The number of benzene rings is 1. The van der Waals surface area contributed by atoms with Crippen molar-refractivity contribution in [1.29, 1.82) is 0 Å². The summed E-state index contributed by atoms with van der Waals surface area (Å²) in [5.74, 6) is 0.484. The number of hydrogen-bond donors (Lipinski definition) is 1. The first-order valence-electron chi connectivity index (χ1n) is 7.02. The molecule has 22 heavy (non-hydrogen) atoms. The van der Waals surface area contributed by atoms with Gasteiger partial charge in [-0.15, -0.1) is 11.3 Å². The molecule has 1 N–H and O–H groups in total. The van der Waals surface area contributed by atoms with Crippen LogP contribution in [0.3, 0.4) is 0 Å². The zero-order valence-corrected chi connectivity index (χ0v) is 14.1. The number of thioether (sulfide) groups is 1. The van der Waals surface area contributed by atoms with Crippen molar-refractivity contribution < 1.29 is 4.79 Å². The van der Waals surface area contributed by atoms with Crippen molar-refractivity contribution in [3.63, 3.8) is 0 Å². The van der Waals surface area contributed by atoms with Gasteiger partial charge in [0.1, 0.15) is 0 Å². The van der Waals surface area contributed by atoms with Crippen LogP contribution in [0.2, 0.25) is 0 Å². The van der Waals surface area contributed by atoms with E-state index in [1.165, 1.54) is 16.6 Å². The molecule has 0 aliphatic heterocycles. The third-order valence-corrected chi connectivity index (χ3v) is 5.53. The van der Waals surface area contributed by atoms with Crippen LogP contribution in [0.1, 0.15) is 17.8 Å². The smallest absolute Gasteiger partial charge is 0.233 e. The number of H-pyrrole nitrogens is 1. The Hall–Kier alpha value is -1.79. The number of nitrogens with one attached hydrogen (secondary N) is 1. The first-order valence-corrected chi connectivity index (χ1v) is 8.88. The van der Waals surface area contributed by atoms with E-state index in [1.54, 1.807) is 16.2 Å². The average molecular weight is 331 g/mol. The maximum atomic E-state index is 12.3. The Labute approximate surface area is 137 Å². The maximum Gasteiger partial charge on any atom is 0.233 e. The normalized spacial score (nSPS) is 12.5. The first-order chi connectivity index (χ1) is 10.6. The third kappa shape index (κ3) is 3.18. The molecule has 4 nitrogen and oxygen atoms in total. The lowest BCUT2D eigenvalue weighted by atomic mass is 10.2. The van der Waals surface area contributed by atoms with Gasteiger partial charge in [0.25, 0.3) is 0 Å². The standard InChI is InChI=1S/C16H17N3OS2/c1-11(14-8-5-9-21-14)19(2)15(20)10-22-16-17-12-6-3-4-7-13(12)18-16/h3-9,11H,10H2,1-2H3,(H,17,18)/t11-/m1/s1. The van der Waals surface area contributed by atoms with Crippen LogP contribution in [-0.4, -0.2) is 33.6 Å². The quantitative estimate of drug-likeness (QED) is 0.721. The van der Waals surface area contributed by atoms with E-state index in [0.29, 0.717) is 5.75 Å². The van der Waals surface area contributed by atoms with Crippen molar-refractivity contribution >= 4 is 40.0 Å². The highest BCUT2D eigenvalue weighted by Gasteiger charge is 2.18. The topological polar surface area (TPSA) is 49.0 Å². The van der Waals surface area contributed by atoms with Gasteiger partial charge in [0, 0.05) is 11.9 Å². The molecule has 0 radical (unpaired) electrons. The SMILES string of the molecule is C[C@H](c1cccs1)N(C)C(=O)CSc1nc2ccccc2[nH]1. The second-order valence-electron chi connectivity index (χ2n) is 5.04. The fourth-order valence-corrected chi connectivity index (χ4v) is 3.80. The Kier molecular flexibility index (Phi) is 4.49. The first kappa shape index (κ1) is 15.1. The summed E-state index contributed by atoms with van der Waals surface area (Å²) in [5.41, 5.74) is 1.93. The Bertz CT molecular complexity index is 734. The van der Waals surface area contributed by atoms with Gasteiger partial charge in [-0.25, -0.2) is 4.98 Å². The summed E-state index contributed by atoms with van der Waals surface area (Å²) in [5, 5.41) is 2.82. The number of carbonyl (C=O) groups is 1. The average Bonchev–Trinajstić information content (AvgIpc) is 3.19. The molecule has 0 fully saturated rings. The van der Waals surface area contributed by atoms with Crippen LogP contribution in [0.5, 0.6) is 0 Å². The number of thiophene rings is 1. The van der Waals surface area contributed by atoms with Crippen LogP contribution in [-0.2, 0) is 4.79 Å². The Balaban J connectivity index is 1.61. The Morgan fingerprint density at radius 3 is 2.91 bits per heavy atom. The molecule has 2 heterocycles. The van der Waals surface area contributed by atoms with Crippen molar-refractivity contribution in [3.05, 3.63) is 46.7 Å². The van der Waals surface area contributed by atoms with Gasteiger partial charge in [-0.2, -0.15) is 0 Å². The van der Waals surface area contributed by atoms with Gasteiger partial charge >= 0.3 is 0 Å². The molecule has 1 amide bonds. The highest BCUT2D eigenvalue weighted by Crippen LogP contribution is 2.25. The van der Waals surface area contributed by atoms with E-state index in [1.807, 2.05) is 42.8 Å². The number of rotatable bonds is 5. The molecule has 3 aromatic rings. The molecule has 0 bridgehead atoms. The lowest BCUT2D eigenvalue weighted by Crippen LogP contribution is -2.30. The minimum Gasteiger partial charge on any atom is -0.337 e. The molecule has 6 heteroatoms. The highest BCUT2D eigenvalue weighted by atomic mass is 32.2. The number of para-hydroxylation sites is 2. The van der Waals surface area contributed by atoms with Crippen molar-refractivity contribution in [2.45, 2.75) is 18.1 Å². The number of nitrogens with zero attached hydrogens (tertiary/aromatic N) is 2. The van der Waals surface area contributed by atoms with Crippen LogP contribution in [0.15, 0.2) is 46.9 Å². The summed E-state index contributed by atoms with van der Waals surface area (Å²) in [7, 11) is 1.85. The van der Waals surface area contributed by atoms with Gasteiger partial charge in [-0.05, 0) is 30.5 Å². The molecular formula is C16H17N3OS2. The molecule has 0 saturated heterocycles. The molecule has 0 saturated carbocycles. The molecule has 0 aliphatic rings. The lowest BCUT2D eigenvalue weighted by molar-refractivity contribution is -0.128. The summed E-state index contributed by atoms with van der Waals surface area (Å²) < 4.78 is 0. The van der Waals surface area contributed by atoms with E-state index in [4.69, 9.17) is 0 Å². The van der Waals surface area contributed by atoms with Crippen LogP contribution in [0, 0.1) is 0 Å². The lowest BCUT2D eigenvalue weighted by Gasteiger charge is -2.23. The van der Waals surface area contributed by atoms with E-state index in [2.05, 4.69) is 23.0 Å². The summed E-state index contributed by atoms with van der Waals surface area (Å²) in [4.78, 5) is 23.0. The van der Waals surface area contributed by atoms with Crippen LogP contribution in [0.4, 0.5) is 0 Å². The van der Waals surface area contributed by atoms with Crippen LogP contribution < -0.4 is 0 Å². The Morgan fingerprint density at radius 1 is 1.36 bits per heavy atom. The summed E-state index contributed by atoms with van der Waals surface area (Å²) >= 11 is 3.12. The second-order valence-corrected chi connectivity index (χ2v) is 6.99. The molecule has 3 rings (SSSR count). The van der Waals surface area contributed by atoms with Gasteiger partial charge in [-0.1, -0.05) is 30.0 Å². The molecule has 1 atom stereocenters. The van der Waals surface area contributed by atoms with Gasteiger partial charge in [0.05, 0.1) is 22.8 Å². The Morgan fingerprint density at radius 2 is 2.18 bits per heavy atom. The third-order valence-electron chi connectivity index (χ3n) is 3.63. The van der Waals surface area contributed by atoms with Crippen LogP contribution in [0.25, 0.3) is 11.0 Å². The molecule has 0 unspecified atom stereocenters. The largest absolute Gasteiger partial charge is 0.337 e. The number of aromatic amines is 1. The number of hydrogen-bond acceptors (Lipinski definition) is 4. The summed E-state index contributed by atoms with van der Waals surface area (Å²) in [6.07, 6.45) is 0. The number of amides is 1. The van der Waals surface area contributed by atoms with E-state index >= 15 is 0 Å². The van der Waals surface area contributed by atoms with E-state index in [0.717, 1.165) is 16.2 Å². The van der Waals surface area contributed by atoms with Crippen molar-refractivity contribution in [3.8, 4) is 0 Å². The molecular weight excluding hydrogens is 314 g/mol. The van der Waals surface area contributed by atoms with Gasteiger partial charge < -0.3 is 9.88 Å². The fourth-order valence-electron chi connectivity index (χ4n) is 2.17. The number of fused-ring (bicyclic) bond motifs is 1. The molecule has 1 aromatic carbocycles. The monoisotopic (exact) mass is 331 g/mol. The van der Waals surface area contributed by atoms with Crippen molar-refractivity contribution in [2.24, 2.45) is 0 Å². The minimum atomic E-state index is 0.101. The van der Waals surface area contributed by atoms with E-state index < -0.39 is 0 Å². The van der Waals surface area contributed by atoms with Gasteiger partial charge in [0.2, 0.25) is 5.91 Å². The molecule has 114 valence electrons. The minimum absolute atomic E-state index is 0.101. The number of aromatic nitrogens is 2. The highest BCUT2D eigenvalue weighted by molar-refractivity contribution is 7.99. The maximum absolute atomic E-state index is 12.3. The second kappa shape index (κ2) is 6.54. The number of imidazole rings is 1. The van der Waals surface area contributed by atoms with Crippen molar-refractivity contribution in [2.75, 3.05) is 12.8 Å². The van der Waals surface area contributed by atoms with E-state index in [9.17, 15) is 4.79 Å². The number of carbonyl (C=O) groups excluding carboxylic acids is 1. The van der Waals surface area contributed by atoms with Crippen LogP contribution >= 0.6 is 23.1 Å². The zero-order chi connectivity index (χ0) is 15.5. The molecule has 2 aromatic heterocycles.